The molecule has 12 heteroatoms. The first-order chi connectivity index (χ1) is 14.5. The van der Waals surface area contributed by atoms with E-state index in [-0.39, 0.29) is 39.5 Å². The molecule has 166 valence electrons. The number of rotatable bonds is 5. The molecule has 9 nitrogen and oxygen atoms in total. The third kappa shape index (κ3) is 4.83. The lowest BCUT2D eigenvalue weighted by Gasteiger charge is -2.38. The summed E-state index contributed by atoms with van der Waals surface area (Å²) in [6.45, 7) is 2.80. The Morgan fingerprint density at radius 3 is 2.61 bits per heavy atom. The maximum absolute atomic E-state index is 13.6. The van der Waals surface area contributed by atoms with Crippen molar-refractivity contribution in [1.29, 1.82) is 0 Å². The normalized spacial score (nSPS) is 16.6. The second-order valence-electron chi connectivity index (χ2n) is 6.87. The van der Waals surface area contributed by atoms with Gasteiger partial charge in [-0.3, -0.25) is 14.4 Å². The molecule has 0 unspecified atom stereocenters. The number of amides is 2. The van der Waals surface area contributed by atoms with Gasteiger partial charge in [0, 0.05) is 12.6 Å². The van der Waals surface area contributed by atoms with Crippen molar-refractivity contribution in [2.24, 2.45) is 0 Å². The molecular weight excluding hydrogens is 453 g/mol. The largest absolute Gasteiger partial charge is 0.484 e. The predicted molar refractivity (Wildman–Crippen MR) is 112 cm³/mol. The van der Waals surface area contributed by atoms with Gasteiger partial charge >= 0.3 is 6.09 Å². The molecule has 0 aliphatic carbocycles. The highest BCUT2D eigenvalue weighted by Crippen LogP contribution is 2.39. The Kier molecular flexibility index (Phi) is 6.27. The molecule has 3 N–H and O–H groups in total. The van der Waals surface area contributed by atoms with Crippen molar-refractivity contribution >= 4 is 45.0 Å². The van der Waals surface area contributed by atoms with Gasteiger partial charge in [-0.1, -0.05) is 11.6 Å². The summed E-state index contributed by atoms with van der Waals surface area (Å²) in [5.41, 5.74) is 0.207. The van der Waals surface area contributed by atoms with Crippen LogP contribution in [0.25, 0.3) is 0 Å². The predicted octanol–water partition coefficient (Wildman–Crippen LogP) is 3.05. The summed E-state index contributed by atoms with van der Waals surface area (Å²) in [6.07, 6.45) is -2.08. The fraction of sp³-hybridized carbons (Fsp3) is 0.263. The molecule has 0 fully saturated rings. The second kappa shape index (κ2) is 8.60. The van der Waals surface area contributed by atoms with Gasteiger partial charge in [0.2, 0.25) is 5.91 Å². The number of carbonyl (C=O) groups is 2. The Morgan fingerprint density at radius 2 is 2.00 bits per heavy atom. The van der Waals surface area contributed by atoms with Crippen LogP contribution in [0.4, 0.5) is 20.6 Å². The van der Waals surface area contributed by atoms with E-state index >= 15 is 0 Å². The molecule has 0 aromatic heterocycles. The number of halogens is 2. The third-order valence-corrected chi connectivity index (χ3v) is 6.64. The van der Waals surface area contributed by atoms with E-state index in [0.717, 1.165) is 22.5 Å². The Bertz CT molecular complexity index is 1140. The lowest BCUT2D eigenvalue weighted by atomic mass is 10.1. The standard InChI is InChI=1S/C19H19ClFN3O6S/c1-10(22-11(2)25)18-9-24(31(28,29)13-4-5-15(21)14(20)8-13)16-7-12(23-19(26)27)3-6-17(16)30-18/h3-8,10,18,23H,9H2,1-2H3,(H,22,25)(H,26,27)/t10-,18-/m1/s1. The average Bonchev–Trinajstić information content (AvgIpc) is 2.68. The number of fused-ring (bicyclic) bond motifs is 1. The number of carbonyl (C=O) groups excluding carboxylic acids is 1. The monoisotopic (exact) mass is 471 g/mol. The van der Waals surface area contributed by atoms with Crippen molar-refractivity contribution in [2.75, 3.05) is 16.2 Å². The zero-order valence-electron chi connectivity index (χ0n) is 16.4. The zero-order chi connectivity index (χ0) is 22.9. The number of benzene rings is 2. The van der Waals surface area contributed by atoms with Crippen molar-refractivity contribution < 1.29 is 32.2 Å². The molecule has 0 saturated heterocycles. The van der Waals surface area contributed by atoms with Crippen molar-refractivity contribution in [2.45, 2.75) is 30.9 Å². The SMILES string of the molecule is CC(=O)N[C@H](C)[C@H]1CN(S(=O)(=O)c2ccc(F)c(Cl)c2)c2cc(NC(=O)O)ccc2O1. The maximum Gasteiger partial charge on any atom is 0.409 e. The summed E-state index contributed by atoms with van der Waals surface area (Å²) in [6, 6.07) is 6.62. The smallest absolute Gasteiger partial charge is 0.409 e. The molecule has 0 spiro atoms. The molecule has 0 radical (unpaired) electrons. The van der Waals surface area contributed by atoms with Crippen LogP contribution in [0.5, 0.6) is 5.75 Å². The van der Waals surface area contributed by atoms with Crippen LogP contribution in [-0.2, 0) is 14.8 Å². The van der Waals surface area contributed by atoms with Crippen LogP contribution in [-0.4, -0.2) is 44.2 Å². The van der Waals surface area contributed by atoms with Crippen molar-refractivity contribution in [3.63, 3.8) is 0 Å². The summed E-state index contributed by atoms with van der Waals surface area (Å²) in [5.74, 6) is -0.920. The summed E-state index contributed by atoms with van der Waals surface area (Å²) in [7, 11) is -4.24. The van der Waals surface area contributed by atoms with Crippen LogP contribution in [0.15, 0.2) is 41.3 Å². The van der Waals surface area contributed by atoms with Crippen LogP contribution < -0.4 is 19.7 Å². The van der Waals surface area contributed by atoms with Gasteiger partial charge in [-0.2, -0.15) is 0 Å². The number of sulfonamides is 1. The van der Waals surface area contributed by atoms with E-state index in [9.17, 15) is 22.4 Å². The van der Waals surface area contributed by atoms with Gasteiger partial charge < -0.3 is 15.2 Å². The Balaban J connectivity index is 2.09. The Labute approximate surface area is 182 Å². The molecule has 1 aliphatic rings. The van der Waals surface area contributed by atoms with E-state index in [1.54, 1.807) is 6.92 Å². The van der Waals surface area contributed by atoms with Crippen LogP contribution in [0.3, 0.4) is 0 Å². The van der Waals surface area contributed by atoms with Gasteiger partial charge in [-0.05, 0) is 43.3 Å². The minimum Gasteiger partial charge on any atom is -0.484 e. The van der Waals surface area contributed by atoms with Crippen LogP contribution >= 0.6 is 11.6 Å². The molecule has 0 saturated carbocycles. The molecule has 3 rings (SSSR count). The van der Waals surface area contributed by atoms with Gasteiger partial charge in [-0.15, -0.1) is 0 Å². The van der Waals surface area contributed by atoms with E-state index in [0.29, 0.717) is 0 Å². The summed E-state index contributed by atoms with van der Waals surface area (Å²) >= 11 is 5.77. The first-order valence-electron chi connectivity index (χ1n) is 9.04. The summed E-state index contributed by atoms with van der Waals surface area (Å²) < 4.78 is 47.3. The molecule has 2 amide bonds. The van der Waals surface area contributed by atoms with Gasteiger partial charge in [0.25, 0.3) is 10.0 Å². The molecule has 2 aromatic carbocycles. The van der Waals surface area contributed by atoms with Gasteiger partial charge in [-0.25, -0.2) is 17.6 Å². The Morgan fingerprint density at radius 1 is 1.29 bits per heavy atom. The molecular formula is C19H19ClFN3O6S. The zero-order valence-corrected chi connectivity index (χ0v) is 18.0. The number of ether oxygens (including phenoxy) is 1. The third-order valence-electron chi connectivity index (χ3n) is 4.57. The van der Waals surface area contributed by atoms with E-state index < -0.39 is 34.1 Å². The van der Waals surface area contributed by atoms with Crippen molar-refractivity contribution in [3.8, 4) is 5.75 Å². The van der Waals surface area contributed by atoms with E-state index in [4.69, 9.17) is 21.4 Å². The van der Waals surface area contributed by atoms with E-state index in [2.05, 4.69) is 10.6 Å². The Hall–Kier alpha value is -3.05. The number of nitrogens with one attached hydrogen (secondary N) is 2. The van der Waals surface area contributed by atoms with Gasteiger partial charge in [0.1, 0.15) is 17.7 Å². The number of carboxylic acid groups (broad SMARTS) is 1. The number of anilines is 2. The average molecular weight is 472 g/mol. The highest BCUT2D eigenvalue weighted by molar-refractivity contribution is 7.92. The van der Waals surface area contributed by atoms with Crippen LogP contribution in [0.1, 0.15) is 13.8 Å². The quantitative estimate of drug-likeness (QED) is 0.615. The highest BCUT2D eigenvalue weighted by atomic mass is 35.5. The van der Waals surface area contributed by atoms with Gasteiger partial charge in [0.15, 0.2) is 0 Å². The first kappa shape index (κ1) is 22.6. The molecule has 2 aromatic rings. The topological polar surface area (TPSA) is 125 Å². The van der Waals surface area contributed by atoms with Gasteiger partial charge in [0.05, 0.1) is 28.2 Å². The summed E-state index contributed by atoms with van der Waals surface area (Å²) in [4.78, 5) is 22.2. The minimum atomic E-state index is -4.24. The lowest BCUT2D eigenvalue weighted by Crippen LogP contribution is -2.52. The molecule has 31 heavy (non-hydrogen) atoms. The number of hydrogen-bond donors (Lipinski definition) is 3. The van der Waals surface area contributed by atoms with E-state index in [1.807, 2.05) is 0 Å². The second-order valence-corrected chi connectivity index (χ2v) is 9.14. The van der Waals surface area contributed by atoms with E-state index in [1.165, 1.54) is 25.1 Å². The fourth-order valence-corrected chi connectivity index (χ4v) is 4.89. The first-order valence-corrected chi connectivity index (χ1v) is 10.9. The van der Waals surface area contributed by atoms with Crippen molar-refractivity contribution in [1.82, 2.24) is 5.32 Å². The van der Waals surface area contributed by atoms with Crippen molar-refractivity contribution in [3.05, 3.63) is 47.2 Å². The molecule has 2 atom stereocenters. The summed E-state index contributed by atoms with van der Waals surface area (Å²) in [5, 5.41) is 13.4. The number of nitrogens with zero attached hydrogens (tertiary/aromatic N) is 1. The molecule has 0 bridgehead atoms. The fourth-order valence-electron chi connectivity index (χ4n) is 3.14. The maximum atomic E-state index is 13.6. The number of hydrogen-bond acceptors (Lipinski definition) is 5. The highest BCUT2D eigenvalue weighted by Gasteiger charge is 2.37. The lowest BCUT2D eigenvalue weighted by molar-refractivity contribution is -0.120. The molecule has 1 heterocycles. The minimum absolute atomic E-state index is 0.0815. The molecule has 1 aliphatic heterocycles. The van der Waals surface area contributed by atoms with Crippen LogP contribution in [0.2, 0.25) is 5.02 Å². The van der Waals surface area contributed by atoms with Crippen LogP contribution in [0, 0.1) is 5.82 Å².